The smallest absolute Gasteiger partial charge is 0.305 e. The van der Waals surface area contributed by atoms with E-state index in [9.17, 15) is 4.79 Å². The van der Waals surface area contributed by atoms with Crippen LogP contribution >= 0.6 is 0 Å². The summed E-state index contributed by atoms with van der Waals surface area (Å²) >= 11 is 0. The van der Waals surface area contributed by atoms with E-state index >= 15 is 0 Å². The summed E-state index contributed by atoms with van der Waals surface area (Å²) in [6, 6.07) is 0. The molecule has 3 nitrogen and oxygen atoms in total. The zero-order chi connectivity index (χ0) is 17.3. The number of epoxide rings is 1. The second-order valence-corrected chi connectivity index (χ2v) is 6.24. The van der Waals surface area contributed by atoms with Gasteiger partial charge in [0.15, 0.2) is 0 Å². The van der Waals surface area contributed by atoms with Crippen molar-refractivity contribution in [2.75, 3.05) is 13.2 Å². The number of unbranched alkanes of at least 4 members (excludes halogenated alkanes) is 5. The lowest BCUT2D eigenvalue weighted by Crippen LogP contribution is -2.09. The fourth-order valence-electron chi connectivity index (χ4n) is 2.31. The van der Waals surface area contributed by atoms with Gasteiger partial charge in [-0.2, -0.15) is 0 Å². The Morgan fingerprint density at radius 2 is 1.58 bits per heavy atom. The van der Waals surface area contributed by atoms with Crippen molar-refractivity contribution in [1.82, 2.24) is 0 Å². The zero-order valence-corrected chi connectivity index (χ0v) is 15.3. The van der Waals surface area contributed by atoms with E-state index in [1.54, 1.807) is 0 Å². The summed E-state index contributed by atoms with van der Waals surface area (Å²) in [6.45, 7) is 3.34. The first-order valence-corrected chi connectivity index (χ1v) is 9.55. The minimum Gasteiger partial charge on any atom is -0.463 e. The summed E-state index contributed by atoms with van der Waals surface area (Å²) in [4.78, 5) is 11.4. The maximum absolute atomic E-state index is 11.4. The summed E-state index contributed by atoms with van der Waals surface area (Å²) in [5, 5.41) is 0. The third-order valence-electron chi connectivity index (χ3n) is 3.86. The van der Waals surface area contributed by atoms with Gasteiger partial charge in [-0.05, 0) is 38.5 Å². The number of hydrogen-bond donors (Lipinski definition) is 0. The van der Waals surface area contributed by atoms with Gasteiger partial charge < -0.3 is 9.47 Å². The van der Waals surface area contributed by atoms with Gasteiger partial charge in [-0.25, -0.2) is 0 Å². The van der Waals surface area contributed by atoms with Crippen LogP contribution < -0.4 is 0 Å². The Balaban J connectivity index is 1.78. The van der Waals surface area contributed by atoms with Crippen LogP contribution in [0.3, 0.4) is 0 Å². The number of hydrogen-bond acceptors (Lipinski definition) is 3. The maximum Gasteiger partial charge on any atom is 0.305 e. The van der Waals surface area contributed by atoms with Crippen LogP contribution in [0.2, 0.25) is 0 Å². The van der Waals surface area contributed by atoms with Gasteiger partial charge in [0.2, 0.25) is 0 Å². The van der Waals surface area contributed by atoms with E-state index in [1.807, 2.05) is 0 Å². The maximum atomic E-state index is 11.4. The zero-order valence-electron chi connectivity index (χ0n) is 15.3. The fourth-order valence-corrected chi connectivity index (χ4v) is 2.31. The standard InChI is InChI=1S/C21H34O3/c1-2-3-4-5-6-7-8-9-10-11-12-13-14-15-16-17-21(22)24-19-20-18-23-20/h3-4,6-7,9-10,20H,2,5,8,11-19H2,1H3. The van der Waals surface area contributed by atoms with Crippen LogP contribution in [0.15, 0.2) is 36.5 Å². The van der Waals surface area contributed by atoms with Gasteiger partial charge in [0, 0.05) is 6.42 Å². The molecule has 1 aliphatic heterocycles. The van der Waals surface area contributed by atoms with E-state index in [-0.39, 0.29) is 12.1 Å². The number of carbonyl (C=O) groups is 1. The molecule has 3 heteroatoms. The molecule has 0 radical (unpaired) electrons. The third kappa shape index (κ3) is 14.3. The molecule has 0 N–H and O–H groups in total. The van der Waals surface area contributed by atoms with Crippen molar-refractivity contribution in [2.24, 2.45) is 0 Å². The molecule has 0 aromatic rings. The van der Waals surface area contributed by atoms with Gasteiger partial charge in [0.05, 0.1) is 6.61 Å². The second-order valence-electron chi connectivity index (χ2n) is 6.24. The lowest BCUT2D eigenvalue weighted by atomic mass is 10.1. The van der Waals surface area contributed by atoms with Crippen molar-refractivity contribution in [3.05, 3.63) is 36.5 Å². The molecular weight excluding hydrogens is 300 g/mol. The van der Waals surface area contributed by atoms with E-state index in [0.29, 0.717) is 13.0 Å². The monoisotopic (exact) mass is 334 g/mol. The van der Waals surface area contributed by atoms with Gasteiger partial charge in [-0.3, -0.25) is 4.79 Å². The van der Waals surface area contributed by atoms with Crippen LogP contribution in [-0.2, 0) is 14.3 Å². The van der Waals surface area contributed by atoms with Gasteiger partial charge in [-0.15, -0.1) is 0 Å². The Bertz CT molecular complexity index is 392. The lowest BCUT2D eigenvalue weighted by Gasteiger charge is -2.02. The molecule has 0 aromatic carbocycles. The molecule has 1 heterocycles. The SMILES string of the molecule is CCC=CCC=CCC=CCCCCCCCC(=O)OCC1CO1. The van der Waals surface area contributed by atoms with E-state index < -0.39 is 0 Å². The molecule has 0 aliphatic carbocycles. The first-order chi connectivity index (χ1) is 11.8. The Morgan fingerprint density at radius 1 is 0.958 bits per heavy atom. The molecule has 0 aromatic heterocycles. The summed E-state index contributed by atoms with van der Waals surface area (Å²) in [5.41, 5.74) is 0. The number of carbonyl (C=O) groups excluding carboxylic acids is 1. The molecule has 1 rings (SSSR count). The quantitative estimate of drug-likeness (QED) is 0.171. The van der Waals surface area contributed by atoms with Crippen molar-refractivity contribution in [3.63, 3.8) is 0 Å². The average Bonchev–Trinajstić information content (AvgIpc) is 3.41. The number of rotatable bonds is 15. The molecule has 1 aliphatic rings. The van der Waals surface area contributed by atoms with Gasteiger partial charge >= 0.3 is 5.97 Å². The summed E-state index contributed by atoms with van der Waals surface area (Å²) in [6.07, 6.45) is 24.2. The van der Waals surface area contributed by atoms with Crippen molar-refractivity contribution >= 4 is 5.97 Å². The van der Waals surface area contributed by atoms with Crippen LogP contribution in [0, 0.1) is 0 Å². The molecule has 136 valence electrons. The molecule has 0 bridgehead atoms. The fraction of sp³-hybridized carbons (Fsp3) is 0.667. The van der Waals surface area contributed by atoms with Crippen LogP contribution in [0.25, 0.3) is 0 Å². The Kier molecular flexibility index (Phi) is 13.1. The number of esters is 1. The van der Waals surface area contributed by atoms with E-state index in [4.69, 9.17) is 9.47 Å². The lowest BCUT2D eigenvalue weighted by molar-refractivity contribution is -0.144. The van der Waals surface area contributed by atoms with Crippen LogP contribution in [-0.4, -0.2) is 25.3 Å². The Labute approximate surface area is 147 Å². The minimum atomic E-state index is -0.0772. The predicted octanol–water partition coefficient (Wildman–Crippen LogP) is 5.52. The molecule has 0 amide bonds. The van der Waals surface area contributed by atoms with E-state index in [0.717, 1.165) is 45.1 Å². The topological polar surface area (TPSA) is 38.8 Å². The number of ether oxygens (including phenoxy) is 2. The normalized spacial score (nSPS) is 17.3. The first kappa shape index (κ1) is 20.7. The van der Waals surface area contributed by atoms with E-state index in [1.165, 1.54) is 19.3 Å². The molecule has 1 fully saturated rings. The van der Waals surface area contributed by atoms with Gasteiger partial charge in [0.25, 0.3) is 0 Å². The van der Waals surface area contributed by atoms with Crippen molar-refractivity contribution in [3.8, 4) is 0 Å². The van der Waals surface area contributed by atoms with Crippen LogP contribution in [0.1, 0.15) is 71.1 Å². The molecular formula is C21H34O3. The molecule has 1 saturated heterocycles. The summed E-state index contributed by atoms with van der Waals surface area (Å²) in [7, 11) is 0. The van der Waals surface area contributed by atoms with Crippen molar-refractivity contribution in [1.29, 1.82) is 0 Å². The highest BCUT2D eigenvalue weighted by atomic mass is 16.6. The highest BCUT2D eigenvalue weighted by Gasteiger charge is 2.23. The minimum absolute atomic E-state index is 0.0772. The molecule has 0 spiro atoms. The average molecular weight is 335 g/mol. The first-order valence-electron chi connectivity index (χ1n) is 9.55. The second kappa shape index (κ2) is 15.2. The van der Waals surface area contributed by atoms with Gasteiger partial charge in [-0.1, -0.05) is 62.6 Å². The summed E-state index contributed by atoms with van der Waals surface area (Å²) < 4.78 is 10.1. The highest BCUT2D eigenvalue weighted by Crippen LogP contribution is 2.11. The summed E-state index contributed by atoms with van der Waals surface area (Å²) in [5.74, 6) is -0.0772. The predicted molar refractivity (Wildman–Crippen MR) is 100.0 cm³/mol. The molecule has 24 heavy (non-hydrogen) atoms. The molecule has 1 unspecified atom stereocenters. The highest BCUT2D eigenvalue weighted by molar-refractivity contribution is 5.69. The largest absolute Gasteiger partial charge is 0.463 e. The van der Waals surface area contributed by atoms with Crippen LogP contribution in [0.4, 0.5) is 0 Å². The molecule has 1 atom stereocenters. The number of allylic oxidation sites excluding steroid dienone is 6. The Morgan fingerprint density at radius 3 is 2.29 bits per heavy atom. The Hall–Kier alpha value is -1.35. The molecule has 0 saturated carbocycles. The van der Waals surface area contributed by atoms with Crippen molar-refractivity contribution in [2.45, 2.75) is 77.2 Å². The third-order valence-corrected chi connectivity index (χ3v) is 3.86. The van der Waals surface area contributed by atoms with Gasteiger partial charge in [0.1, 0.15) is 12.7 Å². The van der Waals surface area contributed by atoms with Crippen molar-refractivity contribution < 1.29 is 14.3 Å². The van der Waals surface area contributed by atoms with Crippen LogP contribution in [0.5, 0.6) is 0 Å². The van der Waals surface area contributed by atoms with E-state index in [2.05, 4.69) is 43.4 Å².